The standard InChI is InChI=1S/C31H36Cl2N2O5S/c1-19-8-11-22(12-9-19)41(38,39)40-29-25(32)16-21(17-26(29)33)18-34-35-27(36)13-10-20-14-23(30(2,3)4)28(37)24(15-20)31(5,6)7/h8-9,11-12,14-18,37H,10,13H2,1-7H3,(H,35,36)/b34-18-. The number of aryl methyl sites for hydroxylation is 2. The molecule has 2 N–H and O–H groups in total. The van der Waals surface area contributed by atoms with Crippen LogP contribution in [0.5, 0.6) is 11.5 Å². The first-order valence-electron chi connectivity index (χ1n) is 13.1. The number of rotatable bonds is 8. The van der Waals surface area contributed by atoms with E-state index in [0.717, 1.165) is 22.3 Å². The quantitative estimate of drug-likeness (QED) is 0.155. The number of halogens is 2. The van der Waals surface area contributed by atoms with Gasteiger partial charge in [0, 0.05) is 6.42 Å². The molecule has 0 fully saturated rings. The molecule has 10 heteroatoms. The number of hydrogen-bond donors (Lipinski definition) is 2. The molecule has 1 amide bonds. The Kier molecular flexibility index (Phi) is 9.84. The molecule has 0 atom stereocenters. The molecule has 3 rings (SSSR count). The summed E-state index contributed by atoms with van der Waals surface area (Å²) in [5, 5.41) is 14.8. The van der Waals surface area contributed by atoms with Gasteiger partial charge in [0.25, 0.3) is 0 Å². The zero-order chi connectivity index (χ0) is 30.8. The van der Waals surface area contributed by atoms with Gasteiger partial charge in [0.05, 0.1) is 16.3 Å². The Morgan fingerprint density at radius 3 is 1.95 bits per heavy atom. The van der Waals surface area contributed by atoms with E-state index in [-0.39, 0.29) is 43.8 Å². The van der Waals surface area contributed by atoms with Crippen LogP contribution in [0.15, 0.2) is 58.5 Å². The predicted molar refractivity (Wildman–Crippen MR) is 165 cm³/mol. The van der Waals surface area contributed by atoms with Crippen LogP contribution in [-0.2, 0) is 32.2 Å². The predicted octanol–water partition coefficient (Wildman–Crippen LogP) is 7.45. The number of nitrogens with one attached hydrogen (secondary N) is 1. The van der Waals surface area contributed by atoms with Crippen LogP contribution in [0.3, 0.4) is 0 Å². The maximum absolute atomic E-state index is 12.6. The van der Waals surface area contributed by atoms with Crippen LogP contribution < -0.4 is 9.61 Å². The number of hydrogen-bond acceptors (Lipinski definition) is 6. The number of carbonyl (C=O) groups excluding carboxylic acids is 1. The van der Waals surface area contributed by atoms with Crippen molar-refractivity contribution in [3.05, 3.63) is 86.4 Å². The van der Waals surface area contributed by atoms with E-state index in [1.54, 1.807) is 12.1 Å². The van der Waals surface area contributed by atoms with Crippen LogP contribution in [0.25, 0.3) is 0 Å². The van der Waals surface area contributed by atoms with E-state index in [1.165, 1.54) is 30.5 Å². The van der Waals surface area contributed by atoms with Crippen molar-refractivity contribution in [3.63, 3.8) is 0 Å². The SMILES string of the molecule is Cc1ccc(S(=O)(=O)Oc2c(Cl)cc(/C=N\NC(=O)CCc3cc(C(C)(C)C)c(O)c(C(C)(C)C)c3)cc2Cl)cc1. The van der Waals surface area contributed by atoms with E-state index >= 15 is 0 Å². The molecule has 0 aliphatic carbocycles. The number of aromatic hydroxyl groups is 1. The Hall–Kier alpha value is -3.07. The Morgan fingerprint density at radius 2 is 1.46 bits per heavy atom. The van der Waals surface area contributed by atoms with Crippen molar-refractivity contribution in [2.45, 2.75) is 77.0 Å². The van der Waals surface area contributed by atoms with Crippen molar-refractivity contribution in [1.29, 1.82) is 0 Å². The van der Waals surface area contributed by atoms with Gasteiger partial charge in [-0.1, -0.05) is 94.6 Å². The molecule has 0 bridgehead atoms. The Morgan fingerprint density at radius 1 is 0.951 bits per heavy atom. The monoisotopic (exact) mass is 618 g/mol. The summed E-state index contributed by atoms with van der Waals surface area (Å²) in [7, 11) is -4.14. The summed E-state index contributed by atoms with van der Waals surface area (Å²) in [6, 6.07) is 13.0. The fraction of sp³-hybridized carbons (Fsp3) is 0.355. The van der Waals surface area contributed by atoms with Crippen molar-refractivity contribution < 1.29 is 22.5 Å². The molecule has 0 unspecified atom stereocenters. The van der Waals surface area contributed by atoms with Crippen molar-refractivity contribution >= 4 is 45.4 Å². The molecule has 0 spiro atoms. The lowest BCUT2D eigenvalue weighted by Crippen LogP contribution is -2.20. The fourth-order valence-corrected chi connectivity index (χ4v) is 5.71. The second-order valence-corrected chi connectivity index (χ2v) is 14.4. The molecule has 0 aliphatic rings. The lowest BCUT2D eigenvalue weighted by Gasteiger charge is -2.28. The van der Waals surface area contributed by atoms with Crippen molar-refractivity contribution in [3.8, 4) is 11.5 Å². The number of nitrogens with zero attached hydrogens (tertiary/aromatic N) is 1. The maximum Gasteiger partial charge on any atom is 0.339 e. The average Bonchev–Trinajstić information content (AvgIpc) is 2.84. The zero-order valence-corrected chi connectivity index (χ0v) is 26.6. The van der Waals surface area contributed by atoms with Crippen LogP contribution in [-0.4, -0.2) is 25.6 Å². The van der Waals surface area contributed by atoms with Crippen LogP contribution in [0.4, 0.5) is 0 Å². The number of benzene rings is 3. The summed E-state index contributed by atoms with van der Waals surface area (Å²) in [6.45, 7) is 14.1. The summed E-state index contributed by atoms with van der Waals surface area (Å²) >= 11 is 12.5. The van der Waals surface area contributed by atoms with E-state index in [9.17, 15) is 18.3 Å². The van der Waals surface area contributed by atoms with Crippen molar-refractivity contribution in [1.82, 2.24) is 5.43 Å². The summed E-state index contributed by atoms with van der Waals surface area (Å²) in [5.74, 6) is -0.206. The highest BCUT2D eigenvalue weighted by molar-refractivity contribution is 7.87. The highest BCUT2D eigenvalue weighted by Gasteiger charge is 2.26. The number of phenolic OH excluding ortho intramolecular Hbond substituents is 1. The van der Waals surface area contributed by atoms with Gasteiger partial charge < -0.3 is 9.29 Å². The van der Waals surface area contributed by atoms with Crippen LogP contribution in [0, 0.1) is 6.92 Å². The molecule has 0 radical (unpaired) electrons. The smallest absolute Gasteiger partial charge is 0.339 e. The molecular weight excluding hydrogens is 583 g/mol. The van der Waals surface area contributed by atoms with E-state index < -0.39 is 10.1 Å². The van der Waals surface area contributed by atoms with E-state index in [4.69, 9.17) is 27.4 Å². The number of amides is 1. The molecule has 3 aromatic carbocycles. The summed E-state index contributed by atoms with van der Waals surface area (Å²) in [6.07, 6.45) is 2.00. The molecule has 7 nitrogen and oxygen atoms in total. The molecule has 3 aromatic rings. The second kappa shape index (κ2) is 12.4. The van der Waals surface area contributed by atoms with Gasteiger partial charge in [-0.3, -0.25) is 4.79 Å². The van der Waals surface area contributed by atoms with Gasteiger partial charge >= 0.3 is 10.1 Å². The van der Waals surface area contributed by atoms with E-state index in [0.29, 0.717) is 17.7 Å². The van der Waals surface area contributed by atoms with Gasteiger partial charge in [0.1, 0.15) is 10.6 Å². The first-order valence-corrected chi connectivity index (χ1v) is 15.2. The van der Waals surface area contributed by atoms with Gasteiger partial charge in [-0.2, -0.15) is 13.5 Å². The topological polar surface area (TPSA) is 105 Å². The first kappa shape index (κ1) is 32.4. The molecule has 0 saturated heterocycles. The maximum atomic E-state index is 12.6. The van der Waals surface area contributed by atoms with E-state index in [2.05, 4.69) is 10.5 Å². The summed E-state index contributed by atoms with van der Waals surface area (Å²) in [4.78, 5) is 12.5. The number of phenols is 1. The molecule has 0 heterocycles. The lowest BCUT2D eigenvalue weighted by molar-refractivity contribution is -0.121. The molecule has 0 saturated carbocycles. The van der Waals surface area contributed by atoms with Gasteiger partial charge in [-0.15, -0.1) is 0 Å². The minimum atomic E-state index is -4.14. The number of carbonyl (C=O) groups is 1. The van der Waals surface area contributed by atoms with Gasteiger partial charge in [-0.05, 0) is 70.7 Å². The van der Waals surface area contributed by atoms with Crippen LogP contribution in [0.2, 0.25) is 10.0 Å². The molecule has 220 valence electrons. The molecule has 0 aromatic heterocycles. The van der Waals surface area contributed by atoms with Crippen molar-refractivity contribution in [2.75, 3.05) is 0 Å². The summed E-state index contributed by atoms with van der Waals surface area (Å²) in [5.41, 5.74) is 5.93. The normalized spacial score (nSPS) is 12.5. The number of hydrazone groups is 1. The summed E-state index contributed by atoms with van der Waals surface area (Å²) < 4.78 is 30.5. The Bertz CT molecular complexity index is 1510. The van der Waals surface area contributed by atoms with Crippen molar-refractivity contribution in [2.24, 2.45) is 5.10 Å². The lowest BCUT2D eigenvalue weighted by atomic mass is 9.78. The van der Waals surface area contributed by atoms with Gasteiger partial charge in [-0.25, -0.2) is 5.43 Å². The Balaban J connectivity index is 1.68. The highest BCUT2D eigenvalue weighted by Crippen LogP contribution is 2.40. The van der Waals surface area contributed by atoms with Gasteiger partial charge in [0.2, 0.25) is 5.91 Å². The highest BCUT2D eigenvalue weighted by atomic mass is 35.5. The minimum Gasteiger partial charge on any atom is -0.507 e. The third kappa shape index (κ3) is 8.47. The third-order valence-corrected chi connectivity index (χ3v) is 8.15. The second-order valence-electron chi connectivity index (χ2n) is 12.0. The molecule has 41 heavy (non-hydrogen) atoms. The largest absolute Gasteiger partial charge is 0.507 e. The Labute approximate surface area is 252 Å². The third-order valence-electron chi connectivity index (χ3n) is 6.35. The average molecular weight is 620 g/mol. The molecule has 0 aliphatic heterocycles. The fourth-order valence-electron chi connectivity index (χ4n) is 4.07. The van der Waals surface area contributed by atoms with E-state index in [1.807, 2.05) is 60.6 Å². The zero-order valence-electron chi connectivity index (χ0n) is 24.3. The van der Waals surface area contributed by atoms with Crippen LogP contribution in [0.1, 0.15) is 75.8 Å². The van der Waals surface area contributed by atoms with Crippen LogP contribution >= 0.6 is 23.2 Å². The first-order chi connectivity index (χ1) is 18.9. The molecular formula is C31H36Cl2N2O5S. The minimum absolute atomic E-state index is 0.0276. The van der Waals surface area contributed by atoms with Gasteiger partial charge in [0.15, 0.2) is 5.75 Å².